The minimum absolute atomic E-state index is 0.0162. The molecule has 0 aromatic heterocycles. The minimum atomic E-state index is -3.88. The normalized spacial score (nSPS) is 10.9. The lowest BCUT2D eigenvalue weighted by molar-refractivity contribution is 0.473. The standard InChI is InChI=1S/C15H14N2O3S/c1-10-6-7-12(9-16)8-14(10)21(19,20)17-13-5-3-4-11(2)15(13)18/h3-8,17-18H,1-2H3. The van der Waals surface area contributed by atoms with Crippen molar-refractivity contribution in [2.75, 3.05) is 4.72 Å². The first-order valence-corrected chi connectivity index (χ1v) is 7.65. The zero-order valence-electron chi connectivity index (χ0n) is 11.6. The molecule has 0 aliphatic carbocycles. The molecule has 6 heteroatoms. The van der Waals surface area contributed by atoms with Crippen molar-refractivity contribution in [2.24, 2.45) is 0 Å². The fourth-order valence-electron chi connectivity index (χ4n) is 1.90. The predicted octanol–water partition coefficient (Wildman–Crippen LogP) is 2.68. The summed E-state index contributed by atoms with van der Waals surface area (Å²) in [6.45, 7) is 3.32. The molecule has 0 radical (unpaired) electrons. The first-order valence-electron chi connectivity index (χ1n) is 6.17. The molecule has 2 aromatic rings. The third-order valence-electron chi connectivity index (χ3n) is 3.09. The summed E-state index contributed by atoms with van der Waals surface area (Å²) >= 11 is 0. The van der Waals surface area contributed by atoms with Crippen LogP contribution in [0.1, 0.15) is 16.7 Å². The fraction of sp³-hybridized carbons (Fsp3) is 0.133. The molecule has 0 bridgehead atoms. The van der Waals surface area contributed by atoms with Crippen LogP contribution in [0.4, 0.5) is 5.69 Å². The fourth-order valence-corrected chi connectivity index (χ4v) is 3.24. The van der Waals surface area contributed by atoms with E-state index in [4.69, 9.17) is 5.26 Å². The Morgan fingerprint density at radius 3 is 2.52 bits per heavy atom. The lowest BCUT2D eigenvalue weighted by Gasteiger charge is -2.12. The predicted molar refractivity (Wildman–Crippen MR) is 79.5 cm³/mol. The van der Waals surface area contributed by atoms with Crippen molar-refractivity contribution in [1.29, 1.82) is 5.26 Å². The molecule has 0 saturated carbocycles. The number of para-hydroxylation sites is 1. The van der Waals surface area contributed by atoms with E-state index in [0.717, 1.165) is 0 Å². The molecule has 0 spiro atoms. The van der Waals surface area contributed by atoms with Gasteiger partial charge in [0.05, 0.1) is 22.2 Å². The van der Waals surface area contributed by atoms with Crippen LogP contribution < -0.4 is 4.72 Å². The summed E-state index contributed by atoms with van der Waals surface area (Å²) in [5.41, 5.74) is 1.46. The SMILES string of the molecule is Cc1ccc(C#N)cc1S(=O)(=O)Nc1cccc(C)c1O. The van der Waals surface area contributed by atoms with E-state index < -0.39 is 10.0 Å². The van der Waals surface area contributed by atoms with Gasteiger partial charge >= 0.3 is 0 Å². The molecule has 0 aliphatic rings. The quantitative estimate of drug-likeness (QED) is 0.853. The molecule has 2 rings (SSSR count). The van der Waals surface area contributed by atoms with Crippen LogP contribution in [0.2, 0.25) is 0 Å². The molecule has 0 amide bonds. The van der Waals surface area contributed by atoms with Crippen LogP contribution in [0.15, 0.2) is 41.3 Å². The average Bonchev–Trinajstić information content (AvgIpc) is 2.44. The zero-order chi connectivity index (χ0) is 15.6. The molecule has 5 nitrogen and oxygen atoms in total. The Kier molecular flexibility index (Phi) is 3.87. The third-order valence-corrected chi connectivity index (χ3v) is 4.60. The van der Waals surface area contributed by atoms with E-state index in [9.17, 15) is 13.5 Å². The molecular weight excluding hydrogens is 288 g/mol. The van der Waals surface area contributed by atoms with Gasteiger partial charge in [0.2, 0.25) is 0 Å². The third kappa shape index (κ3) is 2.98. The van der Waals surface area contributed by atoms with Crippen molar-refractivity contribution in [3.8, 4) is 11.8 Å². The molecule has 0 heterocycles. The molecule has 2 N–H and O–H groups in total. The summed E-state index contributed by atoms with van der Waals surface area (Å²) in [7, 11) is -3.88. The Bertz CT molecular complexity index is 836. The zero-order valence-corrected chi connectivity index (χ0v) is 12.4. The highest BCUT2D eigenvalue weighted by Crippen LogP contribution is 2.29. The molecular formula is C15H14N2O3S. The van der Waals surface area contributed by atoms with Crippen molar-refractivity contribution in [3.05, 3.63) is 53.1 Å². The maximum atomic E-state index is 12.4. The van der Waals surface area contributed by atoms with Crippen LogP contribution in [-0.2, 0) is 10.0 Å². The van der Waals surface area contributed by atoms with Crippen LogP contribution in [0.5, 0.6) is 5.75 Å². The van der Waals surface area contributed by atoms with E-state index in [-0.39, 0.29) is 21.9 Å². The number of phenolic OH excluding ortho intramolecular Hbond substituents is 1. The Morgan fingerprint density at radius 1 is 1.14 bits per heavy atom. The van der Waals surface area contributed by atoms with Gasteiger partial charge in [-0.2, -0.15) is 5.26 Å². The molecule has 21 heavy (non-hydrogen) atoms. The van der Waals surface area contributed by atoms with Crippen molar-refractivity contribution < 1.29 is 13.5 Å². The van der Waals surface area contributed by atoms with E-state index in [1.807, 2.05) is 6.07 Å². The van der Waals surface area contributed by atoms with Gasteiger partial charge in [-0.25, -0.2) is 8.42 Å². The summed E-state index contributed by atoms with van der Waals surface area (Å²) in [5, 5.41) is 18.8. The van der Waals surface area contributed by atoms with Gasteiger partial charge in [-0.05, 0) is 43.2 Å². The van der Waals surface area contributed by atoms with E-state index >= 15 is 0 Å². The van der Waals surface area contributed by atoms with E-state index in [0.29, 0.717) is 11.1 Å². The van der Waals surface area contributed by atoms with Gasteiger partial charge in [0, 0.05) is 0 Å². The number of phenols is 1. The van der Waals surface area contributed by atoms with Gasteiger partial charge in [0.15, 0.2) is 0 Å². The number of hydrogen-bond donors (Lipinski definition) is 2. The molecule has 0 fully saturated rings. The Hall–Kier alpha value is -2.52. The second kappa shape index (κ2) is 5.46. The highest BCUT2D eigenvalue weighted by atomic mass is 32.2. The number of aryl methyl sites for hydroxylation is 2. The minimum Gasteiger partial charge on any atom is -0.505 e. The Morgan fingerprint density at radius 2 is 1.86 bits per heavy atom. The summed E-state index contributed by atoms with van der Waals surface area (Å²) in [4.78, 5) is 0.0162. The van der Waals surface area contributed by atoms with Gasteiger partial charge < -0.3 is 5.11 Å². The summed E-state index contributed by atoms with van der Waals surface area (Å²) in [5.74, 6) is -0.116. The molecule has 2 aromatic carbocycles. The lowest BCUT2D eigenvalue weighted by atomic mass is 10.2. The average molecular weight is 302 g/mol. The number of sulfonamides is 1. The highest BCUT2D eigenvalue weighted by molar-refractivity contribution is 7.92. The van der Waals surface area contributed by atoms with Gasteiger partial charge in [-0.15, -0.1) is 0 Å². The summed E-state index contributed by atoms with van der Waals surface area (Å²) in [6, 6.07) is 11.1. The molecule has 0 aliphatic heterocycles. The van der Waals surface area contributed by atoms with Crippen LogP contribution in [0.3, 0.4) is 0 Å². The number of anilines is 1. The Balaban J connectivity index is 2.49. The van der Waals surface area contributed by atoms with E-state index in [1.165, 1.54) is 12.1 Å². The second-order valence-electron chi connectivity index (χ2n) is 4.67. The topological polar surface area (TPSA) is 90.2 Å². The Labute approximate surface area is 123 Å². The number of benzene rings is 2. The number of rotatable bonds is 3. The largest absolute Gasteiger partial charge is 0.505 e. The summed E-state index contributed by atoms with van der Waals surface area (Å²) in [6.07, 6.45) is 0. The second-order valence-corrected chi connectivity index (χ2v) is 6.32. The number of nitrogens with one attached hydrogen (secondary N) is 1. The first kappa shape index (κ1) is 14.9. The molecule has 108 valence electrons. The van der Waals surface area contributed by atoms with Gasteiger partial charge in [-0.3, -0.25) is 4.72 Å². The first-order chi connectivity index (χ1) is 9.85. The smallest absolute Gasteiger partial charge is 0.262 e. The highest BCUT2D eigenvalue weighted by Gasteiger charge is 2.19. The summed E-state index contributed by atoms with van der Waals surface area (Å²) < 4.78 is 27.2. The molecule has 0 saturated heterocycles. The van der Waals surface area contributed by atoms with Gasteiger partial charge in [0.25, 0.3) is 10.0 Å². The monoisotopic (exact) mass is 302 g/mol. The van der Waals surface area contributed by atoms with E-state index in [1.54, 1.807) is 38.1 Å². The molecule has 0 unspecified atom stereocenters. The maximum absolute atomic E-state index is 12.4. The lowest BCUT2D eigenvalue weighted by Crippen LogP contribution is -2.14. The maximum Gasteiger partial charge on any atom is 0.262 e. The van der Waals surface area contributed by atoms with Crippen LogP contribution in [-0.4, -0.2) is 13.5 Å². The number of aromatic hydroxyl groups is 1. The van der Waals surface area contributed by atoms with E-state index in [2.05, 4.69) is 4.72 Å². The van der Waals surface area contributed by atoms with Crippen LogP contribution in [0.25, 0.3) is 0 Å². The molecule has 0 atom stereocenters. The number of hydrogen-bond acceptors (Lipinski definition) is 4. The van der Waals surface area contributed by atoms with Crippen molar-refractivity contribution in [1.82, 2.24) is 0 Å². The van der Waals surface area contributed by atoms with Gasteiger partial charge in [0.1, 0.15) is 5.75 Å². The van der Waals surface area contributed by atoms with Crippen LogP contribution >= 0.6 is 0 Å². The number of nitrogens with zero attached hydrogens (tertiary/aromatic N) is 1. The van der Waals surface area contributed by atoms with Gasteiger partial charge in [-0.1, -0.05) is 18.2 Å². The number of nitriles is 1. The van der Waals surface area contributed by atoms with Crippen molar-refractivity contribution in [2.45, 2.75) is 18.7 Å². The van der Waals surface area contributed by atoms with Crippen LogP contribution in [0, 0.1) is 25.2 Å². The van der Waals surface area contributed by atoms with Crippen molar-refractivity contribution >= 4 is 15.7 Å². The van der Waals surface area contributed by atoms with Crippen molar-refractivity contribution in [3.63, 3.8) is 0 Å².